The van der Waals surface area contributed by atoms with Crippen molar-refractivity contribution in [1.29, 1.82) is 0 Å². The lowest BCUT2D eigenvalue weighted by Gasteiger charge is -2.44. The number of benzene rings is 1. The van der Waals surface area contributed by atoms with Gasteiger partial charge in [0.05, 0.1) is 29.5 Å². The van der Waals surface area contributed by atoms with E-state index in [0.717, 1.165) is 66.1 Å². The standard InChI is InChI=1S/C33H42FN7O2/c1-20-9-11-33(27-14-23(35)7-8-24(20)27)16-28-26(18-43-33)30(40(3)21(2)25-6-4-12-37-29(25)36)39-31(38-28)42-19-32-10-5-13-41(32)17-22(34)15-32/h4,6-8,12,14,20-22H,5,9-11,13,15-19,35H2,1-3H3,(H2,36,37). The normalized spacial score (nSPS) is 28.7. The van der Waals surface area contributed by atoms with Crippen molar-refractivity contribution >= 4 is 17.3 Å². The summed E-state index contributed by atoms with van der Waals surface area (Å²) in [6, 6.07) is 10.3. The number of aromatic nitrogens is 3. The van der Waals surface area contributed by atoms with E-state index in [0.29, 0.717) is 50.3 Å². The number of fused-ring (bicyclic) bond motifs is 4. The summed E-state index contributed by atoms with van der Waals surface area (Å²) < 4.78 is 27.8. The van der Waals surface area contributed by atoms with Crippen LogP contribution in [0.3, 0.4) is 0 Å². The lowest BCUT2D eigenvalue weighted by molar-refractivity contribution is -0.0871. The smallest absolute Gasteiger partial charge is 0.318 e. The molecule has 2 saturated heterocycles. The molecule has 1 spiro atoms. The van der Waals surface area contributed by atoms with Crippen molar-refractivity contribution in [2.24, 2.45) is 0 Å². The minimum atomic E-state index is -0.820. The Bertz CT molecular complexity index is 1540. The number of ether oxygens (including phenoxy) is 2. The molecule has 9 nitrogen and oxygen atoms in total. The lowest BCUT2D eigenvalue weighted by atomic mass is 9.71. The van der Waals surface area contributed by atoms with Crippen molar-refractivity contribution in [2.45, 2.75) is 88.3 Å². The average Bonchev–Trinajstić information content (AvgIpc) is 3.53. The number of nitrogen functional groups attached to an aromatic ring is 2. The van der Waals surface area contributed by atoms with Crippen LogP contribution in [0.4, 0.5) is 21.7 Å². The fourth-order valence-electron chi connectivity index (χ4n) is 7.97. The summed E-state index contributed by atoms with van der Waals surface area (Å²) in [5.74, 6) is 1.67. The van der Waals surface area contributed by atoms with Crippen LogP contribution in [-0.2, 0) is 23.4 Å². The molecule has 0 bridgehead atoms. The van der Waals surface area contributed by atoms with Crippen LogP contribution >= 0.6 is 0 Å². The Morgan fingerprint density at radius 3 is 2.93 bits per heavy atom. The monoisotopic (exact) mass is 587 g/mol. The highest BCUT2D eigenvalue weighted by molar-refractivity contribution is 5.56. The zero-order valence-corrected chi connectivity index (χ0v) is 25.4. The lowest BCUT2D eigenvalue weighted by Crippen LogP contribution is -2.44. The van der Waals surface area contributed by atoms with Gasteiger partial charge in [-0.05, 0) is 74.4 Å². The van der Waals surface area contributed by atoms with E-state index in [1.807, 2.05) is 25.2 Å². The van der Waals surface area contributed by atoms with Gasteiger partial charge in [-0.2, -0.15) is 9.97 Å². The minimum absolute atomic E-state index is 0.112. The third-order valence-corrected chi connectivity index (χ3v) is 10.5. The van der Waals surface area contributed by atoms with Gasteiger partial charge in [0.2, 0.25) is 0 Å². The van der Waals surface area contributed by atoms with Crippen molar-refractivity contribution in [3.63, 3.8) is 0 Å². The van der Waals surface area contributed by atoms with Crippen LogP contribution in [-0.4, -0.2) is 58.3 Å². The van der Waals surface area contributed by atoms with E-state index in [1.54, 1.807) is 6.20 Å². The Kier molecular flexibility index (Phi) is 6.97. The maximum atomic E-state index is 14.5. The van der Waals surface area contributed by atoms with Gasteiger partial charge in [-0.3, -0.25) is 4.90 Å². The summed E-state index contributed by atoms with van der Waals surface area (Å²) in [5.41, 5.74) is 17.7. The van der Waals surface area contributed by atoms with Crippen LogP contribution in [0.5, 0.6) is 6.01 Å². The summed E-state index contributed by atoms with van der Waals surface area (Å²) >= 11 is 0. The summed E-state index contributed by atoms with van der Waals surface area (Å²) in [6.07, 6.45) is 5.86. The summed E-state index contributed by atoms with van der Waals surface area (Å²) in [7, 11) is 2.01. The number of nitrogens with zero attached hydrogens (tertiary/aromatic N) is 5. The van der Waals surface area contributed by atoms with Crippen molar-refractivity contribution < 1.29 is 13.9 Å². The van der Waals surface area contributed by atoms with Gasteiger partial charge < -0.3 is 25.8 Å². The number of pyridine rings is 1. The van der Waals surface area contributed by atoms with Crippen LogP contribution < -0.4 is 21.1 Å². The first-order chi connectivity index (χ1) is 20.7. The van der Waals surface area contributed by atoms with Crippen LogP contribution in [0.1, 0.15) is 85.9 Å². The molecule has 1 aliphatic carbocycles. The molecule has 0 saturated carbocycles. The largest absolute Gasteiger partial charge is 0.461 e. The van der Waals surface area contributed by atoms with Crippen molar-refractivity contribution in [3.8, 4) is 6.01 Å². The molecule has 4 N–H and O–H groups in total. The molecule has 4 aliphatic rings. The van der Waals surface area contributed by atoms with E-state index >= 15 is 0 Å². The van der Waals surface area contributed by atoms with Gasteiger partial charge in [-0.15, -0.1) is 0 Å². The molecule has 5 atom stereocenters. The maximum absolute atomic E-state index is 14.5. The summed E-state index contributed by atoms with van der Waals surface area (Å²) in [5, 5.41) is 0. The second kappa shape index (κ2) is 10.6. The van der Waals surface area contributed by atoms with E-state index in [-0.39, 0.29) is 11.6 Å². The van der Waals surface area contributed by atoms with Crippen molar-refractivity contribution in [2.75, 3.05) is 43.1 Å². The topological polar surface area (TPSA) is 116 Å². The van der Waals surface area contributed by atoms with E-state index in [9.17, 15) is 4.39 Å². The molecule has 3 aliphatic heterocycles. The van der Waals surface area contributed by atoms with Gasteiger partial charge in [-0.1, -0.05) is 19.1 Å². The van der Waals surface area contributed by atoms with Gasteiger partial charge in [0, 0.05) is 49.4 Å². The number of rotatable bonds is 6. The number of alkyl halides is 1. The second-order valence-electron chi connectivity index (χ2n) is 13.1. The molecule has 7 rings (SSSR count). The molecule has 0 radical (unpaired) electrons. The number of anilines is 3. The first-order valence-electron chi connectivity index (χ1n) is 15.6. The van der Waals surface area contributed by atoms with Gasteiger partial charge in [-0.25, -0.2) is 9.37 Å². The van der Waals surface area contributed by atoms with E-state index < -0.39 is 11.8 Å². The first kappa shape index (κ1) is 28.3. The molecule has 5 unspecified atom stereocenters. The highest BCUT2D eigenvalue weighted by atomic mass is 19.1. The van der Waals surface area contributed by atoms with Gasteiger partial charge in [0.25, 0.3) is 0 Å². The Morgan fingerprint density at radius 1 is 1.23 bits per heavy atom. The van der Waals surface area contributed by atoms with Crippen molar-refractivity contribution in [3.05, 3.63) is 64.5 Å². The van der Waals surface area contributed by atoms with Gasteiger partial charge in [0.15, 0.2) is 0 Å². The summed E-state index contributed by atoms with van der Waals surface area (Å²) in [6.45, 7) is 6.49. The molecule has 2 fully saturated rings. The van der Waals surface area contributed by atoms with Gasteiger partial charge in [0.1, 0.15) is 24.4 Å². The molecule has 10 heteroatoms. The van der Waals surface area contributed by atoms with Gasteiger partial charge >= 0.3 is 6.01 Å². The van der Waals surface area contributed by atoms with E-state index in [4.69, 9.17) is 30.9 Å². The Hall–Kier alpha value is -3.50. The quantitative estimate of drug-likeness (QED) is 0.382. The van der Waals surface area contributed by atoms with Crippen LogP contribution in [0.2, 0.25) is 0 Å². The molecule has 228 valence electrons. The number of hydrogen-bond donors (Lipinski definition) is 2. The summed E-state index contributed by atoms with van der Waals surface area (Å²) in [4.78, 5) is 18.7. The SMILES string of the molecule is CC1CCC2(Cc3nc(OCC45CCCN4CC(F)C5)nc(N(C)C(C)c4cccnc4N)c3CO2)c2cc(N)ccc21. The molecule has 0 amide bonds. The third-order valence-electron chi connectivity index (χ3n) is 10.5. The van der Waals surface area contributed by atoms with E-state index in [1.165, 1.54) is 5.56 Å². The fraction of sp³-hybridized carbons (Fsp3) is 0.545. The highest BCUT2D eigenvalue weighted by Gasteiger charge is 2.50. The van der Waals surface area contributed by atoms with Crippen molar-refractivity contribution in [1.82, 2.24) is 19.9 Å². The maximum Gasteiger partial charge on any atom is 0.318 e. The number of nitrogens with two attached hydrogens (primary N) is 2. The van der Waals surface area contributed by atoms with Crippen LogP contribution in [0, 0.1) is 0 Å². The molecule has 1 aromatic carbocycles. The molecule has 2 aromatic heterocycles. The molecular weight excluding hydrogens is 545 g/mol. The minimum Gasteiger partial charge on any atom is -0.461 e. The number of halogens is 1. The zero-order valence-electron chi connectivity index (χ0n) is 25.4. The first-order valence-corrected chi connectivity index (χ1v) is 15.6. The predicted molar refractivity (Wildman–Crippen MR) is 165 cm³/mol. The molecular formula is C33H42FN7O2. The Labute approximate surface area is 252 Å². The molecule has 5 heterocycles. The third kappa shape index (κ3) is 4.79. The second-order valence-corrected chi connectivity index (χ2v) is 13.1. The molecule has 43 heavy (non-hydrogen) atoms. The highest BCUT2D eigenvalue weighted by Crippen LogP contribution is 2.50. The Morgan fingerprint density at radius 2 is 2.09 bits per heavy atom. The molecule has 3 aromatic rings. The zero-order chi connectivity index (χ0) is 29.9. The van der Waals surface area contributed by atoms with E-state index in [2.05, 4.69) is 40.8 Å². The predicted octanol–water partition coefficient (Wildman–Crippen LogP) is 5.05. The van der Waals surface area contributed by atoms with Crippen LogP contribution in [0.25, 0.3) is 0 Å². The number of hydrogen-bond acceptors (Lipinski definition) is 9. The average molecular weight is 588 g/mol. The Balaban J connectivity index is 1.27. The fourth-order valence-corrected chi connectivity index (χ4v) is 7.97. The van der Waals surface area contributed by atoms with Crippen LogP contribution in [0.15, 0.2) is 36.5 Å².